The Balaban J connectivity index is 1.97. The molecule has 1 unspecified atom stereocenters. The van der Waals surface area contributed by atoms with Crippen molar-refractivity contribution in [1.82, 2.24) is 10.7 Å². The SMILES string of the molecule is CC(C)C(NC(=O)c1ccccc1)C(=O)NN=C1CCCCC1. The molecule has 1 atom stereocenters. The lowest BCUT2D eigenvalue weighted by molar-refractivity contribution is -0.123. The van der Waals surface area contributed by atoms with Crippen LogP contribution in [-0.4, -0.2) is 23.6 Å². The Labute approximate surface area is 137 Å². The van der Waals surface area contributed by atoms with Gasteiger partial charge in [0.15, 0.2) is 0 Å². The van der Waals surface area contributed by atoms with Gasteiger partial charge in [-0.25, -0.2) is 5.43 Å². The highest BCUT2D eigenvalue weighted by molar-refractivity contribution is 5.97. The monoisotopic (exact) mass is 315 g/mol. The van der Waals surface area contributed by atoms with Crippen LogP contribution in [0.4, 0.5) is 0 Å². The smallest absolute Gasteiger partial charge is 0.262 e. The van der Waals surface area contributed by atoms with Crippen LogP contribution >= 0.6 is 0 Å². The lowest BCUT2D eigenvalue weighted by Crippen LogP contribution is -2.48. The first-order chi connectivity index (χ1) is 11.1. The predicted octanol–water partition coefficient (Wildman–Crippen LogP) is 2.88. The van der Waals surface area contributed by atoms with Gasteiger partial charge in [0, 0.05) is 11.3 Å². The summed E-state index contributed by atoms with van der Waals surface area (Å²) in [6.45, 7) is 3.81. The second kappa shape index (κ2) is 8.46. The van der Waals surface area contributed by atoms with Gasteiger partial charge in [-0.3, -0.25) is 9.59 Å². The number of rotatable bonds is 5. The fourth-order valence-corrected chi connectivity index (χ4v) is 2.62. The number of benzene rings is 1. The van der Waals surface area contributed by atoms with Gasteiger partial charge in [-0.2, -0.15) is 5.10 Å². The van der Waals surface area contributed by atoms with E-state index in [9.17, 15) is 9.59 Å². The van der Waals surface area contributed by atoms with E-state index >= 15 is 0 Å². The second-order valence-corrected chi connectivity index (χ2v) is 6.28. The zero-order valence-electron chi connectivity index (χ0n) is 13.8. The molecule has 1 saturated carbocycles. The summed E-state index contributed by atoms with van der Waals surface area (Å²) in [6, 6.07) is 8.31. The van der Waals surface area contributed by atoms with Crippen molar-refractivity contribution in [2.75, 3.05) is 0 Å². The first-order valence-corrected chi connectivity index (χ1v) is 8.29. The van der Waals surface area contributed by atoms with Crippen molar-refractivity contribution in [3.8, 4) is 0 Å². The fraction of sp³-hybridized carbons (Fsp3) is 0.500. The molecular formula is C18H25N3O2. The molecule has 2 amide bonds. The van der Waals surface area contributed by atoms with Gasteiger partial charge >= 0.3 is 0 Å². The highest BCUT2D eigenvalue weighted by atomic mass is 16.2. The number of hydrogen-bond acceptors (Lipinski definition) is 3. The van der Waals surface area contributed by atoms with E-state index < -0.39 is 6.04 Å². The Morgan fingerprint density at radius 1 is 1.04 bits per heavy atom. The molecule has 0 saturated heterocycles. The maximum Gasteiger partial charge on any atom is 0.262 e. The number of carbonyl (C=O) groups is 2. The molecule has 1 aromatic carbocycles. The van der Waals surface area contributed by atoms with E-state index in [1.165, 1.54) is 6.42 Å². The van der Waals surface area contributed by atoms with Crippen LogP contribution in [-0.2, 0) is 4.79 Å². The average Bonchev–Trinajstić information content (AvgIpc) is 2.58. The van der Waals surface area contributed by atoms with Crippen molar-refractivity contribution in [1.29, 1.82) is 0 Å². The maximum absolute atomic E-state index is 12.4. The van der Waals surface area contributed by atoms with Crippen molar-refractivity contribution in [2.24, 2.45) is 11.0 Å². The van der Waals surface area contributed by atoms with Gasteiger partial charge in [0.25, 0.3) is 11.8 Å². The molecule has 0 spiro atoms. The van der Waals surface area contributed by atoms with E-state index in [2.05, 4.69) is 15.8 Å². The summed E-state index contributed by atoms with van der Waals surface area (Å²) in [5, 5.41) is 7.03. The van der Waals surface area contributed by atoms with E-state index in [1.54, 1.807) is 24.3 Å². The lowest BCUT2D eigenvalue weighted by atomic mass is 9.99. The number of amides is 2. The Hall–Kier alpha value is -2.17. The topological polar surface area (TPSA) is 70.6 Å². The molecule has 0 aromatic heterocycles. The van der Waals surface area contributed by atoms with Crippen LogP contribution in [0, 0.1) is 5.92 Å². The van der Waals surface area contributed by atoms with Gasteiger partial charge in [0.05, 0.1) is 0 Å². The number of carbonyl (C=O) groups excluding carboxylic acids is 2. The van der Waals surface area contributed by atoms with Crippen molar-refractivity contribution < 1.29 is 9.59 Å². The van der Waals surface area contributed by atoms with Gasteiger partial charge in [-0.05, 0) is 43.7 Å². The summed E-state index contributed by atoms with van der Waals surface area (Å²) in [6.07, 6.45) is 5.39. The van der Waals surface area contributed by atoms with Crippen LogP contribution in [0.25, 0.3) is 0 Å². The molecule has 1 aliphatic rings. The molecule has 0 radical (unpaired) electrons. The largest absolute Gasteiger partial charge is 0.340 e. The van der Waals surface area contributed by atoms with Crippen LogP contribution in [0.3, 0.4) is 0 Å². The first kappa shape index (κ1) is 17.2. The Kier molecular flexibility index (Phi) is 6.32. The van der Waals surface area contributed by atoms with Crippen LogP contribution in [0.5, 0.6) is 0 Å². The van der Waals surface area contributed by atoms with Gasteiger partial charge in [-0.1, -0.05) is 38.5 Å². The van der Waals surface area contributed by atoms with Crippen molar-refractivity contribution in [3.63, 3.8) is 0 Å². The third-order valence-electron chi connectivity index (χ3n) is 4.03. The van der Waals surface area contributed by atoms with Crippen LogP contribution in [0.1, 0.15) is 56.3 Å². The van der Waals surface area contributed by atoms with Gasteiger partial charge < -0.3 is 5.32 Å². The van der Waals surface area contributed by atoms with Gasteiger partial charge in [0.1, 0.15) is 6.04 Å². The molecule has 2 rings (SSSR count). The molecule has 23 heavy (non-hydrogen) atoms. The Morgan fingerprint density at radius 2 is 1.70 bits per heavy atom. The minimum Gasteiger partial charge on any atom is -0.340 e. The Bertz CT molecular complexity index is 559. The Morgan fingerprint density at radius 3 is 2.30 bits per heavy atom. The quantitative estimate of drug-likeness (QED) is 0.820. The van der Waals surface area contributed by atoms with Crippen LogP contribution in [0.15, 0.2) is 35.4 Å². The highest BCUT2D eigenvalue weighted by Gasteiger charge is 2.24. The zero-order chi connectivity index (χ0) is 16.7. The molecule has 0 bridgehead atoms. The summed E-state index contributed by atoms with van der Waals surface area (Å²) in [7, 11) is 0. The number of hydrogen-bond donors (Lipinski definition) is 2. The minimum absolute atomic E-state index is 0.0192. The summed E-state index contributed by atoms with van der Waals surface area (Å²) < 4.78 is 0. The van der Waals surface area contributed by atoms with E-state index in [4.69, 9.17) is 0 Å². The van der Waals surface area contributed by atoms with E-state index in [1.807, 2.05) is 19.9 Å². The standard InChI is InChI=1S/C18H25N3O2/c1-13(2)16(19-17(22)14-9-5-3-6-10-14)18(23)21-20-15-11-7-4-8-12-15/h3,5-6,9-10,13,16H,4,7-8,11-12H2,1-2H3,(H,19,22)(H,21,23). The third-order valence-corrected chi connectivity index (χ3v) is 4.03. The summed E-state index contributed by atoms with van der Waals surface area (Å²) in [5.74, 6) is -0.527. The minimum atomic E-state index is -0.601. The normalized spacial score (nSPS) is 15.9. The van der Waals surface area contributed by atoms with E-state index in [-0.39, 0.29) is 17.7 Å². The number of nitrogens with zero attached hydrogens (tertiary/aromatic N) is 1. The van der Waals surface area contributed by atoms with Crippen molar-refractivity contribution >= 4 is 17.5 Å². The molecule has 5 nitrogen and oxygen atoms in total. The molecular weight excluding hydrogens is 290 g/mol. The molecule has 124 valence electrons. The summed E-state index contributed by atoms with van der Waals surface area (Å²) >= 11 is 0. The molecule has 1 aromatic rings. The van der Waals surface area contributed by atoms with Gasteiger partial charge in [-0.15, -0.1) is 0 Å². The molecule has 0 heterocycles. The van der Waals surface area contributed by atoms with E-state index in [0.717, 1.165) is 31.4 Å². The summed E-state index contributed by atoms with van der Waals surface area (Å²) in [4.78, 5) is 24.6. The first-order valence-electron chi connectivity index (χ1n) is 8.29. The third kappa shape index (κ3) is 5.20. The fourth-order valence-electron chi connectivity index (χ4n) is 2.62. The van der Waals surface area contributed by atoms with E-state index in [0.29, 0.717) is 5.56 Å². The highest BCUT2D eigenvalue weighted by Crippen LogP contribution is 2.14. The van der Waals surface area contributed by atoms with Crippen molar-refractivity contribution in [3.05, 3.63) is 35.9 Å². The average molecular weight is 315 g/mol. The molecule has 2 N–H and O–H groups in total. The number of nitrogens with one attached hydrogen (secondary N) is 2. The zero-order valence-corrected chi connectivity index (χ0v) is 13.8. The molecule has 0 aliphatic heterocycles. The number of hydrazone groups is 1. The lowest BCUT2D eigenvalue weighted by Gasteiger charge is -2.21. The predicted molar refractivity (Wildman–Crippen MR) is 91.2 cm³/mol. The van der Waals surface area contributed by atoms with Gasteiger partial charge in [0.2, 0.25) is 0 Å². The molecule has 1 fully saturated rings. The molecule has 1 aliphatic carbocycles. The van der Waals surface area contributed by atoms with Crippen molar-refractivity contribution in [2.45, 2.75) is 52.0 Å². The maximum atomic E-state index is 12.4. The molecule has 5 heteroatoms. The second-order valence-electron chi connectivity index (χ2n) is 6.28. The van der Waals surface area contributed by atoms with Crippen LogP contribution in [0.2, 0.25) is 0 Å². The summed E-state index contributed by atoms with van der Waals surface area (Å²) in [5.41, 5.74) is 4.21. The van der Waals surface area contributed by atoms with Crippen LogP contribution < -0.4 is 10.7 Å².